The molecular weight excluding hydrogens is 296 g/mol. The number of rotatable bonds is 5. The molecule has 1 aromatic carbocycles. The maximum absolute atomic E-state index is 12.3. The molecule has 0 bridgehead atoms. The van der Waals surface area contributed by atoms with Gasteiger partial charge in [0.2, 0.25) is 15.9 Å². The Labute approximate surface area is 121 Å². The Morgan fingerprint density at radius 1 is 1.38 bits per heavy atom. The molecule has 0 saturated carbocycles. The van der Waals surface area contributed by atoms with Gasteiger partial charge in [-0.3, -0.25) is 4.79 Å². The van der Waals surface area contributed by atoms with Gasteiger partial charge in [0.15, 0.2) is 5.82 Å². The second kappa shape index (κ2) is 5.97. The maximum Gasteiger partial charge on any atom is 0.241 e. The van der Waals surface area contributed by atoms with E-state index in [-0.39, 0.29) is 23.2 Å². The van der Waals surface area contributed by atoms with Crippen molar-refractivity contribution in [3.8, 4) is 0 Å². The summed E-state index contributed by atoms with van der Waals surface area (Å²) in [5.41, 5.74) is 0.970. The lowest BCUT2D eigenvalue weighted by Crippen LogP contribution is -2.24. The third-order valence-corrected chi connectivity index (χ3v) is 4.15. The Bertz CT molecular complexity index is 741. The number of anilines is 1. The zero-order valence-electron chi connectivity index (χ0n) is 11.4. The normalized spacial score (nSPS) is 11.3. The summed E-state index contributed by atoms with van der Waals surface area (Å²) in [6.07, 6.45) is 0. The first-order chi connectivity index (χ1) is 9.88. The van der Waals surface area contributed by atoms with Crippen LogP contribution in [0.2, 0.25) is 0 Å². The van der Waals surface area contributed by atoms with Crippen LogP contribution in [-0.4, -0.2) is 34.9 Å². The summed E-state index contributed by atoms with van der Waals surface area (Å²) in [6, 6.07) is 4.65. The van der Waals surface area contributed by atoms with Crippen molar-refractivity contribution in [2.75, 3.05) is 5.32 Å². The highest BCUT2D eigenvalue weighted by Gasteiger charge is 2.18. The molecule has 0 aliphatic rings. The van der Waals surface area contributed by atoms with Gasteiger partial charge in [-0.2, -0.15) is 5.21 Å². The first-order valence-electron chi connectivity index (χ1n) is 5.99. The van der Waals surface area contributed by atoms with E-state index in [4.69, 9.17) is 0 Å². The topological polar surface area (TPSA) is 130 Å². The number of H-pyrrole nitrogens is 1. The number of hydrogen-bond donors (Lipinski definition) is 3. The van der Waals surface area contributed by atoms with Gasteiger partial charge in [0.1, 0.15) is 0 Å². The summed E-state index contributed by atoms with van der Waals surface area (Å²) < 4.78 is 26.9. The molecule has 2 rings (SSSR count). The molecule has 2 aromatic rings. The Hall–Kier alpha value is -2.33. The average molecular weight is 310 g/mol. The van der Waals surface area contributed by atoms with E-state index in [9.17, 15) is 13.2 Å². The van der Waals surface area contributed by atoms with Gasteiger partial charge in [0.05, 0.1) is 11.4 Å². The maximum atomic E-state index is 12.3. The highest BCUT2D eigenvalue weighted by molar-refractivity contribution is 7.89. The van der Waals surface area contributed by atoms with E-state index in [1.165, 1.54) is 13.0 Å². The molecular formula is C11H14N6O3S. The highest BCUT2D eigenvalue weighted by atomic mass is 32.2. The van der Waals surface area contributed by atoms with Crippen molar-refractivity contribution in [2.24, 2.45) is 0 Å². The molecule has 0 aliphatic carbocycles. The van der Waals surface area contributed by atoms with Crippen molar-refractivity contribution < 1.29 is 13.2 Å². The van der Waals surface area contributed by atoms with Gasteiger partial charge in [-0.25, -0.2) is 13.1 Å². The molecule has 1 heterocycles. The molecule has 0 atom stereocenters. The van der Waals surface area contributed by atoms with Gasteiger partial charge in [0, 0.05) is 12.6 Å². The number of benzene rings is 1. The molecule has 9 nitrogen and oxygen atoms in total. The Balaban J connectivity index is 2.23. The predicted molar refractivity (Wildman–Crippen MR) is 73.7 cm³/mol. The molecule has 10 heteroatoms. The van der Waals surface area contributed by atoms with Crippen LogP contribution < -0.4 is 10.0 Å². The molecule has 0 saturated heterocycles. The molecule has 0 unspecified atom stereocenters. The number of sulfonamides is 1. The number of nitrogens with zero attached hydrogens (tertiary/aromatic N) is 3. The van der Waals surface area contributed by atoms with Gasteiger partial charge in [0.25, 0.3) is 0 Å². The lowest BCUT2D eigenvalue weighted by atomic mass is 10.2. The summed E-state index contributed by atoms with van der Waals surface area (Å²) in [4.78, 5) is 11.1. The van der Waals surface area contributed by atoms with Crippen LogP contribution in [0.25, 0.3) is 0 Å². The average Bonchev–Trinajstić information content (AvgIpc) is 2.91. The Kier molecular flexibility index (Phi) is 4.29. The fourth-order valence-electron chi connectivity index (χ4n) is 1.67. The van der Waals surface area contributed by atoms with Crippen LogP contribution in [0, 0.1) is 6.92 Å². The third kappa shape index (κ3) is 3.83. The lowest BCUT2D eigenvalue weighted by molar-refractivity contribution is -0.114. The molecule has 1 aromatic heterocycles. The van der Waals surface area contributed by atoms with Crippen molar-refractivity contribution >= 4 is 21.6 Å². The Morgan fingerprint density at radius 2 is 2.14 bits per heavy atom. The minimum Gasteiger partial charge on any atom is -0.326 e. The molecule has 0 radical (unpaired) electrons. The van der Waals surface area contributed by atoms with Crippen LogP contribution in [0.15, 0.2) is 23.1 Å². The number of carbonyl (C=O) groups is 1. The highest BCUT2D eigenvalue weighted by Crippen LogP contribution is 2.20. The fourth-order valence-corrected chi connectivity index (χ4v) is 2.91. The molecule has 0 aliphatic heterocycles. The van der Waals surface area contributed by atoms with E-state index in [0.29, 0.717) is 11.3 Å². The number of nitrogens with one attached hydrogen (secondary N) is 3. The zero-order chi connectivity index (χ0) is 15.5. The van der Waals surface area contributed by atoms with Crippen molar-refractivity contribution in [1.29, 1.82) is 0 Å². The monoisotopic (exact) mass is 310 g/mol. The molecule has 0 fully saturated rings. The van der Waals surface area contributed by atoms with E-state index < -0.39 is 10.0 Å². The van der Waals surface area contributed by atoms with Crippen LogP contribution in [-0.2, 0) is 21.4 Å². The summed E-state index contributed by atoms with van der Waals surface area (Å²) in [5, 5.41) is 15.4. The second-order valence-corrected chi connectivity index (χ2v) is 6.05. The summed E-state index contributed by atoms with van der Waals surface area (Å²) in [7, 11) is -3.75. The number of aromatic nitrogens is 4. The van der Waals surface area contributed by atoms with E-state index >= 15 is 0 Å². The SMILES string of the molecule is CC(=O)Nc1ccc(C)c(S(=O)(=O)NCc2nn[nH]n2)c1. The standard InChI is InChI=1S/C11H14N6O3S/c1-7-3-4-9(13-8(2)18)5-10(7)21(19,20)12-6-11-14-16-17-15-11/h3-5,12H,6H2,1-2H3,(H,13,18)(H,14,15,16,17). The number of aromatic amines is 1. The van der Waals surface area contributed by atoms with Crippen molar-refractivity contribution in [2.45, 2.75) is 25.3 Å². The van der Waals surface area contributed by atoms with Gasteiger partial charge < -0.3 is 5.32 Å². The minimum atomic E-state index is -3.75. The molecule has 1 amide bonds. The summed E-state index contributed by atoms with van der Waals surface area (Å²) in [6.45, 7) is 2.94. The van der Waals surface area contributed by atoms with Crippen molar-refractivity contribution in [3.63, 3.8) is 0 Å². The van der Waals surface area contributed by atoms with Crippen LogP contribution >= 0.6 is 0 Å². The van der Waals surface area contributed by atoms with Gasteiger partial charge in [-0.05, 0) is 24.6 Å². The van der Waals surface area contributed by atoms with E-state index in [1.807, 2.05) is 0 Å². The van der Waals surface area contributed by atoms with Crippen molar-refractivity contribution in [3.05, 3.63) is 29.6 Å². The lowest BCUT2D eigenvalue weighted by Gasteiger charge is -2.10. The molecule has 21 heavy (non-hydrogen) atoms. The zero-order valence-corrected chi connectivity index (χ0v) is 12.2. The molecule has 0 spiro atoms. The smallest absolute Gasteiger partial charge is 0.241 e. The van der Waals surface area contributed by atoms with Crippen LogP contribution in [0.3, 0.4) is 0 Å². The minimum absolute atomic E-state index is 0.0807. The van der Waals surface area contributed by atoms with Crippen LogP contribution in [0.1, 0.15) is 18.3 Å². The van der Waals surface area contributed by atoms with E-state index in [1.54, 1.807) is 19.1 Å². The number of tetrazole rings is 1. The predicted octanol–water partition coefficient (Wildman–Crippen LogP) is -0.0550. The number of hydrogen-bond acceptors (Lipinski definition) is 6. The Morgan fingerprint density at radius 3 is 2.76 bits per heavy atom. The molecule has 112 valence electrons. The largest absolute Gasteiger partial charge is 0.326 e. The van der Waals surface area contributed by atoms with Gasteiger partial charge >= 0.3 is 0 Å². The summed E-state index contributed by atoms with van der Waals surface area (Å²) in [5.74, 6) is -0.0452. The quantitative estimate of drug-likeness (QED) is 0.709. The van der Waals surface area contributed by atoms with E-state index in [0.717, 1.165) is 0 Å². The van der Waals surface area contributed by atoms with Crippen LogP contribution in [0.4, 0.5) is 5.69 Å². The summed E-state index contributed by atoms with van der Waals surface area (Å²) >= 11 is 0. The van der Waals surface area contributed by atoms with Gasteiger partial charge in [-0.15, -0.1) is 10.2 Å². The number of amides is 1. The van der Waals surface area contributed by atoms with Crippen molar-refractivity contribution in [1.82, 2.24) is 25.3 Å². The second-order valence-electron chi connectivity index (χ2n) is 4.31. The number of carbonyl (C=O) groups excluding carboxylic acids is 1. The first-order valence-corrected chi connectivity index (χ1v) is 7.47. The third-order valence-electron chi connectivity index (χ3n) is 2.61. The van der Waals surface area contributed by atoms with E-state index in [2.05, 4.69) is 30.7 Å². The van der Waals surface area contributed by atoms with Gasteiger partial charge in [-0.1, -0.05) is 11.3 Å². The van der Waals surface area contributed by atoms with Crippen LogP contribution in [0.5, 0.6) is 0 Å². The fraction of sp³-hybridized carbons (Fsp3) is 0.273. The molecule has 3 N–H and O–H groups in total. The number of aryl methyl sites for hydroxylation is 1. The first kappa shape index (κ1) is 15.1.